The van der Waals surface area contributed by atoms with Crippen LogP contribution in [0.15, 0.2) is 24.3 Å². The summed E-state index contributed by atoms with van der Waals surface area (Å²) in [5.74, 6) is 1.38. The zero-order valence-corrected chi connectivity index (χ0v) is 12.9. The molecule has 0 aliphatic carbocycles. The molecule has 2 heteroatoms. The van der Waals surface area contributed by atoms with Gasteiger partial charge in [-0.15, -0.1) is 0 Å². The number of alkyl halides is 1. The van der Waals surface area contributed by atoms with Crippen molar-refractivity contribution in [3.05, 3.63) is 35.4 Å². The Balaban J connectivity index is 2.03. The number of hydrogen-bond donors (Lipinski definition) is 0. The third-order valence-corrected chi connectivity index (χ3v) is 5.39. The molecule has 2 unspecified atom stereocenters. The van der Waals surface area contributed by atoms with Crippen LogP contribution in [0.3, 0.4) is 0 Å². The van der Waals surface area contributed by atoms with E-state index in [4.69, 9.17) is 4.74 Å². The number of hydrogen-bond acceptors (Lipinski definition) is 1. The van der Waals surface area contributed by atoms with Gasteiger partial charge in [0.1, 0.15) is 0 Å². The molecule has 0 N–H and O–H groups in total. The summed E-state index contributed by atoms with van der Waals surface area (Å²) in [7, 11) is 0. The van der Waals surface area contributed by atoms with Gasteiger partial charge in [-0.1, -0.05) is 54.0 Å². The van der Waals surface area contributed by atoms with E-state index in [1.54, 1.807) is 0 Å². The minimum Gasteiger partial charge on any atom is -0.381 e. The van der Waals surface area contributed by atoms with Crippen molar-refractivity contribution in [1.29, 1.82) is 0 Å². The lowest BCUT2D eigenvalue weighted by molar-refractivity contribution is 0.0662. The Kier molecular flexibility index (Phi) is 5.25. The van der Waals surface area contributed by atoms with E-state index >= 15 is 0 Å². The van der Waals surface area contributed by atoms with E-state index in [2.05, 4.69) is 54.0 Å². The maximum Gasteiger partial charge on any atom is 0.0469 e. The van der Waals surface area contributed by atoms with Crippen molar-refractivity contribution in [2.75, 3.05) is 13.2 Å². The van der Waals surface area contributed by atoms with Crippen molar-refractivity contribution >= 4 is 15.9 Å². The molecular formula is C16H23BrO. The first-order valence-electron chi connectivity index (χ1n) is 7.04. The van der Waals surface area contributed by atoms with Gasteiger partial charge in [0.15, 0.2) is 0 Å². The third kappa shape index (κ3) is 3.36. The summed E-state index contributed by atoms with van der Waals surface area (Å²) >= 11 is 3.87. The SMILES string of the molecule is CCC(C)c1ccc(C(Br)C2CCOCC2)cc1. The molecule has 1 aliphatic heterocycles. The van der Waals surface area contributed by atoms with Gasteiger partial charge in [0, 0.05) is 18.0 Å². The Morgan fingerprint density at radius 2 is 1.72 bits per heavy atom. The standard InChI is InChI=1S/C16H23BrO/c1-3-12(2)13-4-6-14(7-5-13)16(17)15-8-10-18-11-9-15/h4-7,12,15-16H,3,8-11H2,1-2H3. The minimum absolute atomic E-state index is 0.479. The highest BCUT2D eigenvalue weighted by atomic mass is 79.9. The first-order chi connectivity index (χ1) is 8.72. The molecule has 1 aromatic carbocycles. The van der Waals surface area contributed by atoms with Gasteiger partial charge in [0.25, 0.3) is 0 Å². The van der Waals surface area contributed by atoms with Crippen LogP contribution in [0.2, 0.25) is 0 Å². The second kappa shape index (κ2) is 6.72. The number of rotatable bonds is 4. The molecule has 0 bridgehead atoms. The Morgan fingerprint density at radius 3 is 2.28 bits per heavy atom. The Bertz CT molecular complexity index is 354. The molecule has 0 aromatic heterocycles. The molecule has 0 saturated carbocycles. The smallest absolute Gasteiger partial charge is 0.0469 e. The topological polar surface area (TPSA) is 9.23 Å². The first-order valence-corrected chi connectivity index (χ1v) is 7.95. The van der Waals surface area contributed by atoms with E-state index < -0.39 is 0 Å². The van der Waals surface area contributed by atoms with E-state index in [0.29, 0.717) is 16.7 Å². The molecular weight excluding hydrogens is 288 g/mol. The first kappa shape index (κ1) is 14.1. The molecule has 1 aromatic rings. The van der Waals surface area contributed by atoms with E-state index in [9.17, 15) is 0 Å². The van der Waals surface area contributed by atoms with Crippen LogP contribution < -0.4 is 0 Å². The molecule has 100 valence electrons. The normalized spacial score (nSPS) is 20.6. The number of halogens is 1. The predicted octanol–water partition coefficient (Wildman–Crippen LogP) is 5.06. The highest BCUT2D eigenvalue weighted by Gasteiger charge is 2.23. The highest BCUT2D eigenvalue weighted by molar-refractivity contribution is 9.09. The quantitative estimate of drug-likeness (QED) is 0.706. The monoisotopic (exact) mass is 310 g/mol. The molecule has 1 fully saturated rings. The lowest BCUT2D eigenvalue weighted by Gasteiger charge is -2.27. The van der Waals surface area contributed by atoms with Crippen molar-refractivity contribution < 1.29 is 4.74 Å². The predicted molar refractivity (Wildman–Crippen MR) is 80.4 cm³/mol. The summed E-state index contributed by atoms with van der Waals surface area (Å²) in [6.07, 6.45) is 3.54. The summed E-state index contributed by atoms with van der Waals surface area (Å²) < 4.78 is 5.43. The van der Waals surface area contributed by atoms with Crippen molar-refractivity contribution in [1.82, 2.24) is 0 Å². The number of benzene rings is 1. The fraction of sp³-hybridized carbons (Fsp3) is 0.625. The molecule has 1 heterocycles. The van der Waals surface area contributed by atoms with E-state index in [1.807, 2.05) is 0 Å². The van der Waals surface area contributed by atoms with Crippen LogP contribution in [0, 0.1) is 5.92 Å². The lowest BCUT2D eigenvalue weighted by atomic mass is 9.90. The Hall–Kier alpha value is -0.340. The van der Waals surface area contributed by atoms with Gasteiger partial charge in [-0.2, -0.15) is 0 Å². The molecule has 1 nitrogen and oxygen atoms in total. The van der Waals surface area contributed by atoms with Gasteiger partial charge in [-0.25, -0.2) is 0 Å². The molecule has 2 rings (SSSR count). The fourth-order valence-corrected chi connectivity index (χ4v) is 3.36. The summed E-state index contributed by atoms with van der Waals surface area (Å²) in [6, 6.07) is 9.15. The molecule has 0 amide bonds. The lowest BCUT2D eigenvalue weighted by Crippen LogP contribution is -2.19. The minimum atomic E-state index is 0.479. The molecule has 1 aliphatic rings. The van der Waals surface area contributed by atoms with Gasteiger partial charge in [-0.3, -0.25) is 0 Å². The van der Waals surface area contributed by atoms with E-state index in [1.165, 1.54) is 30.4 Å². The van der Waals surface area contributed by atoms with Crippen LogP contribution in [-0.4, -0.2) is 13.2 Å². The zero-order chi connectivity index (χ0) is 13.0. The second-order valence-electron chi connectivity index (χ2n) is 5.33. The van der Waals surface area contributed by atoms with E-state index in [-0.39, 0.29) is 0 Å². The fourth-order valence-electron chi connectivity index (χ4n) is 2.52. The van der Waals surface area contributed by atoms with Crippen molar-refractivity contribution in [3.8, 4) is 0 Å². The second-order valence-corrected chi connectivity index (χ2v) is 6.31. The molecule has 2 atom stereocenters. The highest BCUT2D eigenvalue weighted by Crippen LogP contribution is 2.37. The van der Waals surface area contributed by atoms with Crippen molar-refractivity contribution in [2.24, 2.45) is 5.92 Å². The third-order valence-electron chi connectivity index (χ3n) is 4.12. The van der Waals surface area contributed by atoms with Crippen LogP contribution in [0.5, 0.6) is 0 Å². The van der Waals surface area contributed by atoms with Crippen LogP contribution >= 0.6 is 15.9 Å². The summed E-state index contributed by atoms with van der Waals surface area (Å²) in [4.78, 5) is 0.479. The van der Waals surface area contributed by atoms with Gasteiger partial charge in [-0.05, 0) is 42.2 Å². The van der Waals surface area contributed by atoms with Crippen LogP contribution in [0.25, 0.3) is 0 Å². The molecule has 1 saturated heterocycles. The Labute approximate surface area is 119 Å². The van der Waals surface area contributed by atoms with Gasteiger partial charge in [0.05, 0.1) is 0 Å². The van der Waals surface area contributed by atoms with Crippen LogP contribution in [0.1, 0.15) is 55.0 Å². The molecule has 18 heavy (non-hydrogen) atoms. The summed E-state index contributed by atoms with van der Waals surface area (Å²) in [5, 5.41) is 0. The van der Waals surface area contributed by atoms with E-state index in [0.717, 1.165) is 13.2 Å². The maximum absolute atomic E-state index is 5.43. The molecule has 0 radical (unpaired) electrons. The molecule has 0 spiro atoms. The van der Waals surface area contributed by atoms with Gasteiger partial charge in [0.2, 0.25) is 0 Å². The van der Waals surface area contributed by atoms with Crippen molar-refractivity contribution in [2.45, 2.75) is 43.9 Å². The van der Waals surface area contributed by atoms with Crippen molar-refractivity contribution in [3.63, 3.8) is 0 Å². The number of ether oxygens (including phenoxy) is 1. The summed E-state index contributed by atoms with van der Waals surface area (Å²) in [5.41, 5.74) is 2.86. The maximum atomic E-state index is 5.43. The van der Waals surface area contributed by atoms with Gasteiger partial charge >= 0.3 is 0 Å². The Morgan fingerprint density at radius 1 is 1.17 bits per heavy atom. The van der Waals surface area contributed by atoms with Gasteiger partial charge < -0.3 is 4.74 Å². The van der Waals surface area contributed by atoms with Crippen LogP contribution in [0.4, 0.5) is 0 Å². The average molecular weight is 311 g/mol. The zero-order valence-electron chi connectivity index (χ0n) is 11.4. The summed E-state index contributed by atoms with van der Waals surface area (Å²) in [6.45, 7) is 6.36. The average Bonchev–Trinajstić information content (AvgIpc) is 2.47. The largest absolute Gasteiger partial charge is 0.381 e. The van der Waals surface area contributed by atoms with Crippen LogP contribution in [-0.2, 0) is 4.74 Å².